The predicted octanol–water partition coefficient (Wildman–Crippen LogP) is 3.02. The van der Waals surface area contributed by atoms with E-state index in [0.29, 0.717) is 5.69 Å². The Hall–Kier alpha value is -3.42. The lowest BCUT2D eigenvalue weighted by Gasteiger charge is -2.09. The Balaban J connectivity index is 2.00. The summed E-state index contributed by atoms with van der Waals surface area (Å²) in [5, 5.41) is 13.6. The molecule has 2 rings (SSSR count). The molecule has 0 spiro atoms. The minimum atomic E-state index is -0.841. The molecule has 2 aromatic rings. The van der Waals surface area contributed by atoms with Crippen molar-refractivity contribution >= 4 is 23.3 Å². The highest BCUT2D eigenvalue weighted by molar-refractivity contribution is 5.96. The number of methoxy groups -OCH3 is 1. The van der Waals surface area contributed by atoms with Gasteiger partial charge >= 0.3 is 11.7 Å². The second kappa shape index (κ2) is 8.11. The predicted molar refractivity (Wildman–Crippen MR) is 94.5 cm³/mol. The molecule has 0 aliphatic carbocycles. The maximum absolute atomic E-state index is 12.0. The molecule has 0 atom stereocenters. The van der Waals surface area contributed by atoms with Crippen LogP contribution in [0.2, 0.25) is 0 Å². The highest BCUT2D eigenvalue weighted by atomic mass is 16.6. The standard InChI is InChI=1S/C18H18N2O6/c1-11-6-12(2)8-14(7-11)19-17(21)10-26-18(22)13-4-5-16(25-3)15(9-13)20(23)24/h4-9H,10H2,1-3H3,(H,19,21). The smallest absolute Gasteiger partial charge is 0.338 e. The molecular formula is C18H18N2O6. The van der Waals surface area contributed by atoms with Gasteiger partial charge in [-0.2, -0.15) is 0 Å². The van der Waals surface area contributed by atoms with Crippen molar-refractivity contribution in [2.45, 2.75) is 13.8 Å². The van der Waals surface area contributed by atoms with Crippen LogP contribution in [0.3, 0.4) is 0 Å². The largest absolute Gasteiger partial charge is 0.490 e. The zero-order chi connectivity index (χ0) is 19.3. The number of amides is 1. The number of ether oxygens (including phenoxy) is 2. The molecule has 0 aliphatic heterocycles. The molecule has 0 bridgehead atoms. The number of esters is 1. The summed E-state index contributed by atoms with van der Waals surface area (Å²) in [4.78, 5) is 34.3. The molecule has 0 radical (unpaired) electrons. The number of nitrogens with zero attached hydrogens (tertiary/aromatic N) is 1. The molecule has 8 heteroatoms. The number of anilines is 1. The fraction of sp³-hybridized carbons (Fsp3) is 0.222. The minimum Gasteiger partial charge on any atom is -0.490 e. The summed E-state index contributed by atoms with van der Waals surface area (Å²) in [5.74, 6) is -1.32. The molecule has 0 aromatic heterocycles. The number of hydrogen-bond acceptors (Lipinski definition) is 6. The van der Waals surface area contributed by atoms with E-state index in [-0.39, 0.29) is 17.0 Å². The Morgan fingerprint density at radius 3 is 2.35 bits per heavy atom. The van der Waals surface area contributed by atoms with E-state index >= 15 is 0 Å². The van der Waals surface area contributed by atoms with Crippen LogP contribution in [0, 0.1) is 24.0 Å². The van der Waals surface area contributed by atoms with Crippen molar-refractivity contribution in [1.82, 2.24) is 0 Å². The number of carbonyl (C=O) groups is 2. The average molecular weight is 358 g/mol. The molecule has 26 heavy (non-hydrogen) atoms. The highest BCUT2D eigenvalue weighted by Crippen LogP contribution is 2.27. The number of nitro groups is 1. The Kier molecular flexibility index (Phi) is 5.90. The van der Waals surface area contributed by atoms with Gasteiger partial charge in [0, 0.05) is 11.8 Å². The lowest BCUT2D eigenvalue weighted by atomic mass is 10.1. The number of carbonyl (C=O) groups excluding carboxylic acids is 2. The lowest BCUT2D eigenvalue weighted by molar-refractivity contribution is -0.385. The van der Waals surface area contributed by atoms with Crippen molar-refractivity contribution in [3.63, 3.8) is 0 Å². The fourth-order valence-corrected chi connectivity index (χ4v) is 2.42. The van der Waals surface area contributed by atoms with Crippen molar-refractivity contribution in [1.29, 1.82) is 0 Å². The first kappa shape index (κ1) is 18.9. The SMILES string of the molecule is COc1ccc(C(=O)OCC(=O)Nc2cc(C)cc(C)c2)cc1[N+](=O)[O-]. The van der Waals surface area contributed by atoms with Gasteiger partial charge in [0.05, 0.1) is 17.6 Å². The van der Waals surface area contributed by atoms with E-state index in [1.807, 2.05) is 19.9 Å². The molecule has 0 saturated carbocycles. The number of benzene rings is 2. The highest BCUT2D eigenvalue weighted by Gasteiger charge is 2.19. The Bertz CT molecular complexity index is 843. The topological polar surface area (TPSA) is 108 Å². The van der Waals surface area contributed by atoms with Crippen LogP contribution in [0.1, 0.15) is 21.5 Å². The second-order valence-electron chi connectivity index (χ2n) is 5.64. The third kappa shape index (κ3) is 4.79. The first-order valence-electron chi connectivity index (χ1n) is 7.68. The van der Waals surface area contributed by atoms with E-state index < -0.39 is 23.4 Å². The van der Waals surface area contributed by atoms with Crippen molar-refractivity contribution in [3.05, 3.63) is 63.2 Å². The van der Waals surface area contributed by atoms with Gasteiger partial charge in [-0.1, -0.05) is 6.07 Å². The van der Waals surface area contributed by atoms with Gasteiger partial charge < -0.3 is 14.8 Å². The van der Waals surface area contributed by atoms with Crippen molar-refractivity contribution in [3.8, 4) is 5.75 Å². The molecule has 1 amide bonds. The normalized spacial score (nSPS) is 10.1. The Morgan fingerprint density at radius 2 is 1.77 bits per heavy atom. The van der Waals surface area contributed by atoms with Crippen LogP contribution in [-0.2, 0) is 9.53 Å². The van der Waals surface area contributed by atoms with E-state index in [1.165, 1.54) is 19.2 Å². The van der Waals surface area contributed by atoms with Crippen LogP contribution >= 0.6 is 0 Å². The molecule has 2 aromatic carbocycles. The van der Waals surface area contributed by atoms with Crippen molar-refractivity contribution in [2.24, 2.45) is 0 Å². The van der Waals surface area contributed by atoms with E-state index in [2.05, 4.69) is 5.32 Å². The molecule has 0 heterocycles. The number of hydrogen-bond donors (Lipinski definition) is 1. The van der Waals surface area contributed by atoms with Gasteiger partial charge in [0.15, 0.2) is 12.4 Å². The summed E-state index contributed by atoms with van der Waals surface area (Å²) in [7, 11) is 1.29. The van der Waals surface area contributed by atoms with Crippen LogP contribution in [0.15, 0.2) is 36.4 Å². The lowest BCUT2D eigenvalue weighted by Crippen LogP contribution is -2.21. The third-order valence-corrected chi connectivity index (χ3v) is 3.45. The van der Waals surface area contributed by atoms with E-state index in [1.54, 1.807) is 12.1 Å². The van der Waals surface area contributed by atoms with Gasteiger partial charge in [0.25, 0.3) is 5.91 Å². The van der Waals surface area contributed by atoms with Gasteiger partial charge in [-0.3, -0.25) is 14.9 Å². The van der Waals surface area contributed by atoms with Crippen LogP contribution in [-0.4, -0.2) is 30.5 Å². The van der Waals surface area contributed by atoms with Crippen LogP contribution < -0.4 is 10.1 Å². The van der Waals surface area contributed by atoms with Crippen molar-refractivity contribution < 1.29 is 24.0 Å². The third-order valence-electron chi connectivity index (χ3n) is 3.45. The molecule has 0 saturated heterocycles. The molecule has 1 N–H and O–H groups in total. The molecular weight excluding hydrogens is 340 g/mol. The average Bonchev–Trinajstić information content (AvgIpc) is 2.58. The fourth-order valence-electron chi connectivity index (χ4n) is 2.42. The number of nitro benzene ring substituents is 1. The Morgan fingerprint density at radius 1 is 1.12 bits per heavy atom. The number of nitrogens with one attached hydrogen (secondary N) is 1. The molecule has 136 valence electrons. The summed E-state index contributed by atoms with van der Waals surface area (Å²) in [6.45, 7) is 3.30. The molecule has 0 aliphatic rings. The van der Waals surface area contributed by atoms with Gasteiger partial charge in [-0.15, -0.1) is 0 Å². The quantitative estimate of drug-likeness (QED) is 0.483. The molecule has 0 unspecified atom stereocenters. The van der Waals surface area contributed by atoms with E-state index in [9.17, 15) is 19.7 Å². The summed E-state index contributed by atoms with van der Waals surface area (Å²) in [6, 6.07) is 9.22. The first-order chi connectivity index (χ1) is 12.3. The summed E-state index contributed by atoms with van der Waals surface area (Å²) in [6.07, 6.45) is 0. The number of aryl methyl sites for hydroxylation is 2. The maximum Gasteiger partial charge on any atom is 0.338 e. The van der Waals surface area contributed by atoms with E-state index in [4.69, 9.17) is 9.47 Å². The van der Waals surface area contributed by atoms with E-state index in [0.717, 1.165) is 17.2 Å². The van der Waals surface area contributed by atoms with Crippen LogP contribution in [0.25, 0.3) is 0 Å². The summed E-state index contributed by atoms with van der Waals surface area (Å²) >= 11 is 0. The zero-order valence-corrected chi connectivity index (χ0v) is 14.6. The minimum absolute atomic E-state index is 0.0270. The zero-order valence-electron chi connectivity index (χ0n) is 14.6. The van der Waals surface area contributed by atoms with Crippen LogP contribution in [0.4, 0.5) is 11.4 Å². The van der Waals surface area contributed by atoms with Crippen molar-refractivity contribution in [2.75, 3.05) is 19.0 Å². The van der Waals surface area contributed by atoms with Gasteiger partial charge in [0.1, 0.15) is 0 Å². The second-order valence-corrected chi connectivity index (χ2v) is 5.64. The Labute approximate surface area is 149 Å². The molecule has 8 nitrogen and oxygen atoms in total. The summed E-state index contributed by atoms with van der Waals surface area (Å²) in [5.41, 5.74) is 2.17. The molecule has 0 fully saturated rings. The summed E-state index contributed by atoms with van der Waals surface area (Å²) < 4.78 is 9.78. The first-order valence-corrected chi connectivity index (χ1v) is 7.68. The van der Waals surface area contributed by atoms with Gasteiger partial charge in [-0.05, 0) is 49.2 Å². The maximum atomic E-state index is 12.0. The van der Waals surface area contributed by atoms with Crippen LogP contribution in [0.5, 0.6) is 5.75 Å². The van der Waals surface area contributed by atoms with Gasteiger partial charge in [-0.25, -0.2) is 4.79 Å². The number of rotatable bonds is 6. The van der Waals surface area contributed by atoms with Gasteiger partial charge in [0.2, 0.25) is 0 Å². The monoisotopic (exact) mass is 358 g/mol.